The maximum absolute atomic E-state index is 9.15. The van der Waals surface area contributed by atoms with Crippen LogP contribution >= 0.6 is 0 Å². The van der Waals surface area contributed by atoms with E-state index in [9.17, 15) is 0 Å². The van der Waals surface area contributed by atoms with Gasteiger partial charge in [0.25, 0.3) is 0 Å². The number of hydrogen-bond acceptors (Lipinski definition) is 3. The Morgan fingerprint density at radius 3 is 2.36 bits per heavy atom. The van der Waals surface area contributed by atoms with E-state index < -0.39 is 0 Å². The lowest BCUT2D eigenvalue weighted by Gasteiger charge is -2.34. The fourth-order valence-corrected chi connectivity index (χ4v) is 2.54. The molecule has 3 N–H and O–H groups in total. The van der Waals surface area contributed by atoms with Crippen molar-refractivity contribution >= 4 is 0 Å². The van der Waals surface area contributed by atoms with E-state index in [4.69, 9.17) is 10.2 Å². The number of aliphatic hydroxyl groups is 2. The highest BCUT2D eigenvalue weighted by Crippen LogP contribution is 2.46. The Morgan fingerprint density at radius 2 is 2.09 bits per heavy atom. The van der Waals surface area contributed by atoms with E-state index in [0.717, 1.165) is 19.4 Å². The van der Waals surface area contributed by atoms with Crippen molar-refractivity contribution in [2.45, 2.75) is 18.9 Å². The molecule has 0 aromatic carbocycles. The van der Waals surface area contributed by atoms with Crippen LogP contribution in [0.25, 0.3) is 0 Å². The summed E-state index contributed by atoms with van der Waals surface area (Å²) in [5.74, 6) is 0.502. The van der Waals surface area contributed by atoms with Crippen molar-refractivity contribution in [2.24, 2.45) is 11.3 Å². The maximum atomic E-state index is 9.15. The van der Waals surface area contributed by atoms with Crippen molar-refractivity contribution in [3.8, 4) is 0 Å². The summed E-state index contributed by atoms with van der Waals surface area (Å²) in [6.07, 6.45) is 2.09. The number of aliphatic hydroxyl groups excluding tert-OH is 2. The SMILES string of the molecule is OCC1(CO)CC2CC1CN2. The van der Waals surface area contributed by atoms with Crippen LogP contribution in [-0.2, 0) is 0 Å². The molecule has 64 valence electrons. The van der Waals surface area contributed by atoms with E-state index in [2.05, 4.69) is 5.32 Å². The number of piperidine rings is 1. The number of hydrogen-bond donors (Lipinski definition) is 3. The highest BCUT2D eigenvalue weighted by molar-refractivity contribution is 5.03. The molecule has 0 radical (unpaired) electrons. The molecule has 2 bridgehead atoms. The maximum Gasteiger partial charge on any atom is 0.0513 e. The Kier molecular flexibility index (Phi) is 1.67. The zero-order valence-corrected chi connectivity index (χ0v) is 6.58. The van der Waals surface area contributed by atoms with Crippen LogP contribution in [0.2, 0.25) is 0 Å². The highest BCUT2D eigenvalue weighted by atomic mass is 16.3. The quantitative estimate of drug-likeness (QED) is 0.499. The van der Waals surface area contributed by atoms with Crippen molar-refractivity contribution < 1.29 is 10.2 Å². The van der Waals surface area contributed by atoms with E-state index in [1.165, 1.54) is 0 Å². The predicted molar refractivity (Wildman–Crippen MR) is 41.1 cm³/mol. The van der Waals surface area contributed by atoms with Gasteiger partial charge < -0.3 is 15.5 Å². The normalized spacial score (nSPS) is 39.8. The first-order valence-electron chi connectivity index (χ1n) is 4.26. The van der Waals surface area contributed by atoms with Crippen molar-refractivity contribution in [3.05, 3.63) is 0 Å². The molecule has 2 rings (SSSR count). The lowest BCUT2D eigenvalue weighted by Crippen LogP contribution is -2.43. The second-order valence-electron chi connectivity index (χ2n) is 3.92. The number of fused-ring (bicyclic) bond motifs is 2. The Hall–Kier alpha value is -0.120. The minimum Gasteiger partial charge on any atom is -0.396 e. The summed E-state index contributed by atoms with van der Waals surface area (Å²) in [4.78, 5) is 0. The molecule has 1 heterocycles. The van der Waals surface area contributed by atoms with E-state index in [1.807, 2.05) is 0 Å². The van der Waals surface area contributed by atoms with Crippen LogP contribution in [0.3, 0.4) is 0 Å². The Morgan fingerprint density at radius 1 is 1.36 bits per heavy atom. The molecule has 3 heteroatoms. The van der Waals surface area contributed by atoms with Gasteiger partial charge in [-0.2, -0.15) is 0 Å². The molecule has 0 aromatic rings. The van der Waals surface area contributed by atoms with E-state index in [1.54, 1.807) is 0 Å². The minimum absolute atomic E-state index is 0.145. The third-order valence-electron chi connectivity index (χ3n) is 3.37. The summed E-state index contributed by atoms with van der Waals surface area (Å²) in [5.41, 5.74) is -0.157. The van der Waals surface area contributed by atoms with Crippen molar-refractivity contribution in [1.82, 2.24) is 5.32 Å². The van der Waals surface area contributed by atoms with Crippen molar-refractivity contribution in [3.63, 3.8) is 0 Å². The van der Waals surface area contributed by atoms with E-state index >= 15 is 0 Å². The average Bonchev–Trinajstić information content (AvgIpc) is 2.62. The van der Waals surface area contributed by atoms with Crippen molar-refractivity contribution in [1.29, 1.82) is 0 Å². The molecule has 1 aliphatic carbocycles. The van der Waals surface area contributed by atoms with Gasteiger partial charge in [0.15, 0.2) is 0 Å². The van der Waals surface area contributed by atoms with Crippen LogP contribution < -0.4 is 5.32 Å². The predicted octanol–water partition coefficient (Wildman–Crippen LogP) is -0.661. The molecule has 2 unspecified atom stereocenters. The zero-order valence-electron chi connectivity index (χ0n) is 6.58. The second-order valence-corrected chi connectivity index (χ2v) is 3.92. The highest BCUT2D eigenvalue weighted by Gasteiger charge is 2.50. The van der Waals surface area contributed by atoms with Crippen LogP contribution in [0.1, 0.15) is 12.8 Å². The first kappa shape index (κ1) is 7.53. The molecule has 1 saturated heterocycles. The van der Waals surface area contributed by atoms with Gasteiger partial charge in [0, 0.05) is 11.5 Å². The minimum atomic E-state index is -0.157. The summed E-state index contributed by atoms with van der Waals surface area (Å²) in [6, 6.07) is 0.555. The topological polar surface area (TPSA) is 52.5 Å². The molecule has 2 atom stereocenters. The fraction of sp³-hybridized carbons (Fsp3) is 1.00. The van der Waals surface area contributed by atoms with Crippen LogP contribution in [-0.4, -0.2) is 36.0 Å². The van der Waals surface area contributed by atoms with Crippen LogP contribution in [0.15, 0.2) is 0 Å². The summed E-state index contributed by atoms with van der Waals surface area (Å²) >= 11 is 0. The lowest BCUT2D eigenvalue weighted by atomic mass is 9.78. The van der Waals surface area contributed by atoms with Crippen molar-refractivity contribution in [2.75, 3.05) is 19.8 Å². The van der Waals surface area contributed by atoms with Crippen LogP contribution in [0.5, 0.6) is 0 Å². The molecule has 0 amide bonds. The molecule has 1 aliphatic heterocycles. The number of rotatable bonds is 2. The molecular weight excluding hydrogens is 142 g/mol. The molecular formula is C8H15NO2. The fourth-order valence-electron chi connectivity index (χ4n) is 2.54. The third-order valence-corrected chi connectivity index (χ3v) is 3.37. The van der Waals surface area contributed by atoms with Crippen LogP contribution in [0.4, 0.5) is 0 Å². The molecule has 0 aromatic heterocycles. The average molecular weight is 157 g/mol. The largest absolute Gasteiger partial charge is 0.396 e. The Bertz CT molecular complexity index is 156. The zero-order chi connectivity index (χ0) is 7.90. The van der Waals surface area contributed by atoms with Gasteiger partial charge in [0.2, 0.25) is 0 Å². The van der Waals surface area contributed by atoms with E-state index in [-0.39, 0.29) is 18.6 Å². The van der Waals surface area contributed by atoms with Gasteiger partial charge in [-0.05, 0) is 25.3 Å². The molecule has 0 spiro atoms. The molecule has 1 saturated carbocycles. The summed E-state index contributed by atoms with van der Waals surface area (Å²) < 4.78 is 0. The van der Waals surface area contributed by atoms with Gasteiger partial charge in [-0.3, -0.25) is 0 Å². The summed E-state index contributed by atoms with van der Waals surface area (Å²) in [6.45, 7) is 1.27. The number of nitrogens with one attached hydrogen (secondary N) is 1. The first-order valence-corrected chi connectivity index (χ1v) is 4.26. The molecule has 2 fully saturated rings. The van der Waals surface area contributed by atoms with Gasteiger partial charge >= 0.3 is 0 Å². The second kappa shape index (κ2) is 2.44. The van der Waals surface area contributed by atoms with Gasteiger partial charge in [0.1, 0.15) is 0 Å². The van der Waals surface area contributed by atoms with Gasteiger partial charge in [-0.1, -0.05) is 0 Å². The lowest BCUT2D eigenvalue weighted by molar-refractivity contribution is 0.0142. The van der Waals surface area contributed by atoms with Gasteiger partial charge in [-0.25, -0.2) is 0 Å². The van der Waals surface area contributed by atoms with Gasteiger partial charge in [-0.15, -0.1) is 0 Å². The summed E-state index contributed by atoms with van der Waals surface area (Å²) in [7, 11) is 0. The Balaban J connectivity index is 2.14. The molecule has 3 nitrogen and oxygen atoms in total. The summed E-state index contributed by atoms with van der Waals surface area (Å²) in [5, 5.41) is 21.7. The smallest absolute Gasteiger partial charge is 0.0513 e. The standard InChI is InChI=1S/C8H15NO2/c10-4-8(5-11)2-7-1-6(8)3-9-7/h6-7,9-11H,1-5H2. The Labute approximate surface area is 66.4 Å². The van der Waals surface area contributed by atoms with Gasteiger partial charge in [0.05, 0.1) is 13.2 Å². The molecule has 2 aliphatic rings. The van der Waals surface area contributed by atoms with E-state index in [0.29, 0.717) is 12.0 Å². The third kappa shape index (κ3) is 0.916. The first-order chi connectivity index (χ1) is 5.30. The van der Waals surface area contributed by atoms with Crippen LogP contribution in [0, 0.1) is 11.3 Å². The molecule has 11 heavy (non-hydrogen) atoms. The monoisotopic (exact) mass is 157 g/mol.